The Labute approximate surface area is 300 Å². The van der Waals surface area contributed by atoms with Crippen LogP contribution in [0.1, 0.15) is 35.4 Å². The van der Waals surface area contributed by atoms with Crippen LogP contribution in [0.5, 0.6) is 23.0 Å². The highest BCUT2D eigenvalue weighted by molar-refractivity contribution is 5.88. The van der Waals surface area contributed by atoms with Crippen LogP contribution in [0.15, 0.2) is 66.7 Å². The normalized spacial score (nSPS) is 22.6. The number of hydrogen-bond acceptors (Lipinski definition) is 12. The van der Waals surface area contributed by atoms with Crippen LogP contribution in [-0.2, 0) is 35.1 Å². The summed E-state index contributed by atoms with van der Waals surface area (Å²) >= 11 is 0. The highest BCUT2D eigenvalue weighted by Crippen LogP contribution is 2.70. The number of carbonyl (C=O) groups excluding carboxylic acids is 4. The van der Waals surface area contributed by atoms with Crippen LogP contribution in [0.3, 0.4) is 0 Å². The molecule has 0 spiro atoms. The van der Waals surface area contributed by atoms with Crippen molar-refractivity contribution < 1.29 is 53.1 Å². The largest absolute Gasteiger partial charge is 0.497 e. The SMILES string of the molecule is COC(=O)[C@@H]1C(c2ccccc2)[C@]2(c3ccc(OC)cc3)Oc3cc(OCCCCNC(=O)CNC(=O)CNC(=O)CN)cc(OC)c3[C@]2(O)[C@@H]1O. The number of esters is 1. The van der Waals surface area contributed by atoms with Crippen molar-refractivity contribution >= 4 is 23.7 Å². The van der Waals surface area contributed by atoms with Gasteiger partial charge < -0.3 is 55.6 Å². The van der Waals surface area contributed by atoms with Crippen LogP contribution in [0.2, 0.25) is 0 Å². The van der Waals surface area contributed by atoms with Gasteiger partial charge in [0, 0.05) is 24.6 Å². The van der Waals surface area contributed by atoms with E-state index in [4.69, 9.17) is 29.4 Å². The van der Waals surface area contributed by atoms with E-state index in [0.29, 0.717) is 42.0 Å². The molecule has 1 aliphatic heterocycles. The summed E-state index contributed by atoms with van der Waals surface area (Å²) in [6, 6.07) is 19.2. The number of aliphatic hydroxyl groups is 2. The van der Waals surface area contributed by atoms with E-state index >= 15 is 0 Å². The molecule has 0 bridgehead atoms. The standard InChI is InChI=1S/C37H44N4O11/c1-48-24-13-11-23(12-14-24)37-32(22-9-5-4-6-10-22)31(35(46)50-3)34(45)36(37,47)33-26(49-2)17-25(18-27(33)52-37)51-16-8-7-15-39-29(43)20-41-30(44)21-40-28(42)19-38/h4-6,9-14,17-18,31-32,34,45,47H,7-8,15-16,19-21,38H2,1-3H3,(H,39,43)(H,40,42)(H,41,44)/t31-,32?,34-,36+,37+/m1/s1. The minimum atomic E-state index is -2.20. The summed E-state index contributed by atoms with van der Waals surface area (Å²) in [6.07, 6.45) is -0.576. The van der Waals surface area contributed by atoms with Gasteiger partial charge in [-0.3, -0.25) is 19.2 Å². The molecule has 1 fully saturated rings. The fraction of sp³-hybridized carbons (Fsp3) is 0.405. The topological polar surface area (TPSA) is 217 Å². The first-order chi connectivity index (χ1) is 25.0. The second kappa shape index (κ2) is 16.3. The molecule has 3 aromatic rings. The molecule has 7 N–H and O–H groups in total. The van der Waals surface area contributed by atoms with Crippen LogP contribution < -0.4 is 40.6 Å². The average molecular weight is 721 g/mol. The number of nitrogens with two attached hydrogens (primary N) is 1. The minimum Gasteiger partial charge on any atom is -0.497 e. The monoisotopic (exact) mass is 720 g/mol. The average Bonchev–Trinajstić information content (AvgIpc) is 3.55. The molecule has 2 aliphatic rings. The summed E-state index contributed by atoms with van der Waals surface area (Å²) in [6.45, 7) is -0.173. The predicted molar refractivity (Wildman–Crippen MR) is 186 cm³/mol. The molecule has 1 saturated carbocycles. The fourth-order valence-corrected chi connectivity index (χ4v) is 7.07. The molecule has 52 heavy (non-hydrogen) atoms. The third-order valence-electron chi connectivity index (χ3n) is 9.43. The van der Waals surface area contributed by atoms with Gasteiger partial charge in [0.1, 0.15) is 29.1 Å². The lowest BCUT2D eigenvalue weighted by Gasteiger charge is -2.40. The smallest absolute Gasteiger partial charge is 0.312 e. The molecular formula is C37H44N4O11. The Morgan fingerprint density at radius 3 is 2.15 bits per heavy atom. The zero-order chi connectivity index (χ0) is 37.5. The van der Waals surface area contributed by atoms with E-state index in [-0.39, 0.29) is 49.2 Å². The molecule has 0 aromatic heterocycles. The zero-order valence-corrected chi connectivity index (χ0v) is 29.2. The Bertz CT molecular complexity index is 1760. The van der Waals surface area contributed by atoms with Crippen molar-refractivity contribution in [3.63, 3.8) is 0 Å². The zero-order valence-electron chi connectivity index (χ0n) is 29.2. The second-order valence-corrected chi connectivity index (χ2v) is 12.4. The van der Waals surface area contributed by atoms with Gasteiger partial charge in [-0.2, -0.15) is 0 Å². The molecule has 1 heterocycles. The number of carbonyl (C=O) groups is 4. The number of hydrogen-bond donors (Lipinski definition) is 6. The van der Waals surface area contributed by atoms with Gasteiger partial charge in [-0.25, -0.2) is 0 Å². The molecule has 3 amide bonds. The molecule has 0 saturated heterocycles. The number of methoxy groups -OCH3 is 3. The maximum absolute atomic E-state index is 13.4. The van der Waals surface area contributed by atoms with E-state index < -0.39 is 46.9 Å². The fourth-order valence-electron chi connectivity index (χ4n) is 7.07. The van der Waals surface area contributed by atoms with Crippen LogP contribution in [-0.4, -0.2) is 94.1 Å². The molecule has 1 unspecified atom stereocenters. The second-order valence-electron chi connectivity index (χ2n) is 12.4. The van der Waals surface area contributed by atoms with Crippen molar-refractivity contribution in [2.75, 3.05) is 54.1 Å². The number of nitrogens with one attached hydrogen (secondary N) is 3. The summed E-state index contributed by atoms with van der Waals surface area (Å²) in [7, 11) is 4.19. The van der Waals surface area contributed by atoms with Gasteiger partial charge in [-0.05, 0) is 36.1 Å². The number of aliphatic hydroxyl groups excluding tert-OH is 1. The van der Waals surface area contributed by atoms with Crippen LogP contribution in [0, 0.1) is 5.92 Å². The third-order valence-corrected chi connectivity index (χ3v) is 9.43. The molecular weight excluding hydrogens is 676 g/mol. The Morgan fingerprint density at radius 2 is 1.52 bits per heavy atom. The van der Waals surface area contributed by atoms with Crippen molar-refractivity contribution in [2.24, 2.45) is 11.7 Å². The first-order valence-corrected chi connectivity index (χ1v) is 16.8. The van der Waals surface area contributed by atoms with Gasteiger partial charge in [-0.15, -0.1) is 0 Å². The maximum atomic E-state index is 13.4. The van der Waals surface area contributed by atoms with E-state index in [1.165, 1.54) is 21.3 Å². The highest BCUT2D eigenvalue weighted by Gasteiger charge is 2.78. The number of amides is 3. The molecule has 1 aliphatic carbocycles. The highest BCUT2D eigenvalue weighted by atomic mass is 16.6. The lowest BCUT2D eigenvalue weighted by atomic mass is 9.70. The molecule has 5 rings (SSSR count). The van der Waals surface area contributed by atoms with E-state index in [1.54, 1.807) is 48.5 Å². The number of rotatable bonds is 16. The number of unbranched alkanes of at least 4 members (excludes halogenated alkanes) is 1. The summed E-state index contributed by atoms with van der Waals surface area (Å²) in [5.74, 6) is -2.93. The lowest BCUT2D eigenvalue weighted by molar-refractivity contribution is -0.161. The van der Waals surface area contributed by atoms with Gasteiger partial charge in [-0.1, -0.05) is 42.5 Å². The van der Waals surface area contributed by atoms with E-state index in [9.17, 15) is 29.4 Å². The summed E-state index contributed by atoms with van der Waals surface area (Å²) in [4.78, 5) is 48.4. The van der Waals surface area contributed by atoms with Crippen LogP contribution in [0.4, 0.5) is 0 Å². The van der Waals surface area contributed by atoms with Crippen molar-refractivity contribution in [3.8, 4) is 23.0 Å². The van der Waals surface area contributed by atoms with Crippen molar-refractivity contribution in [1.82, 2.24) is 16.0 Å². The van der Waals surface area contributed by atoms with E-state index in [0.717, 1.165) is 0 Å². The van der Waals surface area contributed by atoms with Gasteiger partial charge >= 0.3 is 5.97 Å². The number of ether oxygens (including phenoxy) is 5. The lowest BCUT2D eigenvalue weighted by Crippen LogP contribution is -2.52. The number of benzene rings is 3. The van der Waals surface area contributed by atoms with E-state index in [2.05, 4.69) is 16.0 Å². The molecule has 15 nitrogen and oxygen atoms in total. The van der Waals surface area contributed by atoms with Crippen LogP contribution >= 0.6 is 0 Å². The Morgan fingerprint density at radius 1 is 0.846 bits per heavy atom. The van der Waals surface area contributed by atoms with Crippen molar-refractivity contribution in [1.29, 1.82) is 0 Å². The molecule has 278 valence electrons. The molecule has 0 radical (unpaired) electrons. The molecule has 5 atom stereocenters. The predicted octanol–water partition coefficient (Wildman–Crippen LogP) is 0.593. The summed E-state index contributed by atoms with van der Waals surface area (Å²) in [5.41, 5.74) is 2.52. The summed E-state index contributed by atoms with van der Waals surface area (Å²) in [5, 5.41) is 32.5. The van der Waals surface area contributed by atoms with Crippen molar-refractivity contribution in [3.05, 3.63) is 83.4 Å². The van der Waals surface area contributed by atoms with E-state index in [1.807, 2.05) is 18.2 Å². The minimum absolute atomic E-state index is 0.162. The van der Waals surface area contributed by atoms with Crippen molar-refractivity contribution in [2.45, 2.75) is 36.1 Å². The quantitative estimate of drug-likeness (QED) is 0.0886. The maximum Gasteiger partial charge on any atom is 0.312 e. The Hall–Kier alpha value is -5.38. The third kappa shape index (κ3) is 7.07. The first kappa shape index (κ1) is 37.9. The first-order valence-electron chi connectivity index (χ1n) is 16.8. The molecule has 15 heteroatoms. The van der Waals surface area contributed by atoms with Gasteiger partial charge in [0.25, 0.3) is 0 Å². The van der Waals surface area contributed by atoms with Gasteiger partial charge in [0.2, 0.25) is 17.7 Å². The Balaban J connectivity index is 1.35. The Kier molecular flexibility index (Phi) is 11.9. The van der Waals surface area contributed by atoms with Gasteiger partial charge in [0.05, 0.1) is 59.1 Å². The number of fused-ring (bicyclic) bond motifs is 3. The van der Waals surface area contributed by atoms with Gasteiger partial charge in [0.15, 0.2) is 11.2 Å². The van der Waals surface area contributed by atoms with Crippen LogP contribution in [0.25, 0.3) is 0 Å². The summed E-state index contributed by atoms with van der Waals surface area (Å²) < 4.78 is 29.2. The molecule has 3 aromatic carbocycles.